The van der Waals surface area contributed by atoms with Gasteiger partial charge in [-0.05, 0) is 6.92 Å². The number of hydrogen-bond acceptors (Lipinski definition) is 2. The summed E-state index contributed by atoms with van der Waals surface area (Å²) >= 11 is 0. The van der Waals surface area contributed by atoms with E-state index in [4.69, 9.17) is 0 Å². The zero-order chi connectivity index (χ0) is 9.56. The molecule has 0 aromatic carbocycles. The molecule has 0 aliphatic carbocycles. The average molecular weight is 170 g/mol. The first-order chi connectivity index (χ1) is 5.74. The molecule has 1 aromatic heterocycles. The molecule has 0 aliphatic rings. The lowest BCUT2D eigenvalue weighted by Gasteiger charge is -1.99. The molecule has 0 unspecified atom stereocenters. The molecule has 0 bridgehead atoms. The van der Waals surface area contributed by atoms with Crippen LogP contribution in [-0.4, -0.2) is 12.0 Å². The fraction of sp³-hybridized carbons (Fsp3) is 0.444. The Morgan fingerprint density at radius 3 is 2.42 bits per heavy atom. The molecule has 0 atom stereocenters. The van der Waals surface area contributed by atoms with E-state index >= 15 is 0 Å². The van der Waals surface area contributed by atoms with Crippen LogP contribution < -0.4 is 5.32 Å². The second kappa shape index (κ2) is 5.52. The van der Waals surface area contributed by atoms with Crippen molar-refractivity contribution in [1.82, 2.24) is 4.98 Å². The smallest absolute Gasteiger partial charge is 0.131 e. The second-order valence-electron chi connectivity index (χ2n) is 2.07. The monoisotopic (exact) mass is 170 g/mol. The molecule has 68 valence electrons. The normalized spacial score (nSPS) is 8.42. The lowest BCUT2D eigenvalue weighted by molar-refractivity contribution is 0.616. The van der Waals surface area contributed by atoms with Gasteiger partial charge in [0, 0.05) is 24.9 Å². The van der Waals surface area contributed by atoms with Gasteiger partial charge in [-0.3, -0.25) is 0 Å². The molecule has 0 spiro atoms. The third-order valence-electron chi connectivity index (χ3n) is 1.29. The number of aryl methyl sites for hydroxylation is 1. The fourth-order valence-corrected chi connectivity index (χ4v) is 0.636. The molecule has 0 saturated carbocycles. The highest BCUT2D eigenvalue weighted by Crippen LogP contribution is 2.08. The van der Waals surface area contributed by atoms with E-state index < -0.39 is 0 Å². The average Bonchev–Trinajstić information content (AvgIpc) is 2.13. The predicted octanol–water partition coefficient (Wildman–Crippen LogP) is 2.60. The molecule has 0 saturated heterocycles. The van der Waals surface area contributed by atoms with E-state index in [1.807, 2.05) is 13.8 Å². The Kier molecular flexibility index (Phi) is 5.00. The van der Waals surface area contributed by atoms with Crippen LogP contribution in [0.25, 0.3) is 0 Å². The Balaban J connectivity index is 0.000000561. The number of anilines is 1. The molecule has 1 aromatic rings. The molecule has 1 rings (SSSR count). The van der Waals surface area contributed by atoms with Gasteiger partial charge in [0.2, 0.25) is 0 Å². The Hall–Kier alpha value is -1.12. The van der Waals surface area contributed by atoms with Crippen molar-refractivity contribution < 1.29 is 4.39 Å². The first-order valence-electron chi connectivity index (χ1n) is 4.04. The largest absolute Gasteiger partial charge is 0.373 e. The van der Waals surface area contributed by atoms with Gasteiger partial charge in [0.25, 0.3) is 0 Å². The summed E-state index contributed by atoms with van der Waals surface area (Å²) in [6, 6.07) is 1.37. The number of aromatic nitrogens is 1. The van der Waals surface area contributed by atoms with Gasteiger partial charge in [-0.15, -0.1) is 0 Å². The predicted molar refractivity (Wildman–Crippen MR) is 49.8 cm³/mol. The highest BCUT2D eigenvalue weighted by molar-refractivity contribution is 5.35. The zero-order valence-electron chi connectivity index (χ0n) is 7.98. The molecule has 0 fully saturated rings. The van der Waals surface area contributed by atoms with Gasteiger partial charge in [0.1, 0.15) is 11.6 Å². The lowest BCUT2D eigenvalue weighted by atomic mass is 10.3. The van der Waals surface area contributed by atoms with Crippen LogP contribution in [0.15, 0.2) is 12.3 Å². The second-order valence-corrected chi connectivity index (χ2v) is 2.07. The summed E-state index contributed by atoms with van der Waals surface area (Å²) in [7, 11) is 1.71. The van der Waals surface area contributed by atoms with Crippen molar-refractivity contribution in [2.75, 3.05) is 12.4 Å². The van der Waals surface area contributed by atoms with E-state index in [-0.39, 0.29) is 5.82 Å². The van der Waals surface area contributed by atoms with Crippen LogP contribution in [0.4, 0.5) is 10.2 Å². The highest BCUT2D eigenvalue weighted by atomic mass is 19.1. The van der Waals surface area contributed by atoms with Crippen LogP contribution in [0.3, 0.4) is 0 Å². The quantitative estimate of drug-likeness (QED) is 0.700. The van der Waals surface area contributed by atoms with E-state index in [1.54, 1.807) is 14.0 Å². The summed E-state index contributed by atoms with van der Waals surface area (Å²) < 4.78 is 12.7. The number of halogens is 1. The number of nitrogens with zero attached hydrogens (tertiary/aromatic N) is 1. The maximum Gasteiger partial charge on any atom is 0.131 e. The van der Waals surface area contributed by atoms with Crippen LogP contribution in [0, 0.1) is 12.7 Å². The Morgan fingerprint density at radius 2 is 2.00 bits per heavy atom. The lowest BCUT2D eigenvalue weighted by Crippen LogP contribution is -1.93. The van der Waals surface area contributed by atoms with Crippen LogP contribution in [-0.2, 0) is 0 Å². The number of rotatable bonds is 1. The Labute approximate surface area is 72.8 Å². The summed E-state index contributed by atoms with van der Waals surface area (Å²) in [5.41, 5.74) is 0.569. The van der Waals surface area contributed by atoms with Crippen molar-refractivity contribution in [3.63, 3.8) is 0 Å². The Morgan fingerprint density at radius 1 is 1.42 bits per heavy atom. The minimum Gasteiger partial charge on any atom is -0.373 e. The summed E-state index contributed by atoms with van der Waals surface area (Å²) in [5.74, 6) is 0.336. The van der Waals surface area contributed by atoms with E-state index in [9.17, 15) is 4.39 Å². The first kappa shape index (κ1) is 10.9. The number of nitrogens with one attached hydrogen (secondary N) is 1. The van der Waals surface area contributed by atoms with E-state index in [2.05, 4.69) is 10.3 Å². The molecule has 1 heterocycles. The molecular formula is C9H15FN2. The summed E-state index contributed by atoms with van der Waals surface area (Å²) in [5, 5.41) is 2.74. The molecule has 0 aliphatic heterocycles. The molecular weight excluding hydrogens is 155 g/mol. The summed E-state index contributed by atoms with van der Waals surface area (Å²) in [6.45, 7) is 5.68. The maximum absolute atomic E-state index is 12.7. The van der Waals surface area contributed by atoms with Crippen LogP contribution in [0.1, 0.15) is 19.4 Å². The maximum atomic E-state index is 12.7. The van der Waals surface area contributed by atoms with Gasteiger partial charge in [-0.1, -0.05) is 13.8 Å². The molecule has 12 heavy (non-hydrogen) atoms. The minimum atomic E-state index is -0.223. The van der Waals surface area contributed by atoms with Crippen LogP contribution in [0.2, 0.25) is 0 Å². The van der Waals surface area contributed by atoms with Crippen molar-refractivity contribution in [2.24, 2.45) is 0 Å². The SMILES string of the molecule is CC.CNc1cc(F)c(C)cn1. The van der Waals surface area contributed by atoms with Crippen molar-refractivity contribution in [3.05, 3.63) is 23.6 Å². The molecule has 0 amide bonds. The van der Waals surface area contributed by atoms with Crippen molar-refractivity contribution >= 4 is 5.82 Å². The van der Waals surface area contributed by atoms with Crippen LogP contribution >= 0.6 is 0 Å². The third-order valence-corrected chi connectivity index (χ3v) is 1.29. The van der Waals surface area contributed by atoms with Gasteiger partial charge in [-0.25, -0.2) is 9.37 Å². The summed E-state index contributed by atoms with van der Waals surface area (Å²) in [6.07, 6.45) is 1.50. The van der Waals surface area contributed by atoms with Gasteiger partial charge < -0.3 is 5.32 Å². The first-order valence-corrected chi connectivity index (χ1v) is 4.04. The van der Waals surface area contributed by atoms with E-state index in [0.29, 0.717) is 11.4 Å². The standard InChI is InChI=1S/C7H9FN2.C2H6/c1-5-4-10-7(9-2)3-6(5)8;1-2/h3-4H,1-2H3,(H,9,10);1-2H3. The van der Waals surface area contributed by atoms with E-state index in [0.717, 1.165) is 0 Å². The van der Waals surface area contributed by atoms with Crippen molar-refractivity contribution in [3.8, 4) is 0 Å². The van der Waals surface area contributed by atoms with E-state index in [1.165, 1.54) is 12.3 Å². The summed E-state index contributed by atoms with van der Waals surface area (Å²) in [4.78, 5) is 3.91. The molecule has 2 nitrogen and oxygen atoms in total. The van der Waals surface area contributed by atoms with Gasteiger partial charge >= 0.3 is 0 Å². The van der Waals surface area contributed by atoms with Gasteiger partial charge in [0.05, 0.1) is 0 Å². The molecule has 0 radical (unpaired) electrons. The zero-order valence-corrected chi connectivity index (χ0v) is 7.98. The highest BCUT2D eigenvalue weighted by Gasteiger charge is 1.96. The number of hydrogen-bond donors (Lipinski definition) is 1. The van der Waals surface area contributed by atoms with Crippen molar-refractivity contribution in [2.45, 2.75) is 20.8 Å². The third kappa shape index (κ3) is 2.86. The topological polar surface area (TPSA) is 24.9 Å². The van der Waals surface area contributed by atoms with Gasteiger partial charge in [0.15, 0.2) is 0 Å². The molecule has 3 heteroatoms. The van der Waals surface area contributed by atoms with Crippen LogP contribution in [0.5, 0.6) is 0 Å². The molecule has 1 N–H and O–H groups in total. The van der Waals surface area contributed by atoms with Gasteiger partial charge in [-0.2, -0.15) is 0 Å². The minimum absolute atomic E-state index is 0.223. The van der Waals surface area contributed by atoms with Crippen molar-refractivity contribution in [1.29, 1.82) is 0 Å². The Bertz CT molecular complexity index is 236. The fourth-order valence-electron chi connectivity index (χ4n) is 0.636. The number of pyridine rings is 1.